The summed E-state index contributed by atoms with van der Waals surface area (Å²) in [6, 6.07) is 7.88. The van der Waals surface area contributed by atoms with Crippen LogP contribution in [0.15, 0.2) is 41.4 Å². The third-order valence-corrected chi connectivity index (χ3v) is 4.76. The molecule has 3 rings (SSSR count). The zero-order valence-electron chi connectivity index (χ0n) is 13.0. The second-order valence-corrected chi connectivity index (χ2v) is 7.00. The van der Waals surface area contributed by atoms with Gasteiger partial charge >= 0.3 is 0 Å². The van der Waals surface area contributed by atoms with Gasteiger partial charge in [0.2, 0.25) is 0 Å². The van der Waals surface area contributed by atoms with E-state index in [0.29, 0.717) is 11.0 Å². The number of amides is 1. The van der Waals surface area contributed by atoms with Crippen LogP contribution in [-0.4, -0.2) is 29.5 Å². The fourth-order valence-corrected chi connectivity index (χ4v) is 2.95. The highest BCUT2D eigenvalue weighted by Gasteiger charge is 2.16. The molecular weight excluding hydrogens is 330 g/mol. The Labute approximate surface area is 138 Å². The van der Waals surface area contributed by atoms with E-state index in [2.05, 4.69) is 25.4 Å². The summed E-state index contributed by atoms with van der Waals surface area (Å²) in [6.45, 7) is 3.66. The van der Waals surface area contributed by atoms with Crippen molar-refractivity contribution in [2.75, 3.05) is 0 Å². The Balaban J connectivity index is 1.76. The number of sulfonamides is 1. The standard InChI is InChI=1S/C15H15N5O3S/c1-9-3-5-12(6-4-9)24(22,23)20-19-15(21)11-7-13-10(2)17-18-14(13)16-8-11/h3-8,20H,1-2H3,(H,19,21)(H,16,17,18). The van der Waals surface area contributed by atoms with Gasteiger partial charge in [0, 0.05) is 17.3 Å². The maximum absolute atomic E-state index is 12.1. The minimum Gasteiger partial charge on any atom is -0.280 e. The number of hydrazine groups is 1. The van der Waals surface area contributed by atoms with Crippen LogP contribution in [0.25, 0.3) is 11.0 Å². The number of benzene rings is 1. The summed E-state index contributed by atoms with van der Waals surface area (Å²) in [6.07, 6.45) is 1.33. The molecule has 124 valence electrons. The lowest BCUT2D eigenvalue weighted by atomic mass is 10.2. The number of pyridine rings is 1. The van der Waals surface area contributed by atoms with Gasteiger partial charge in [0.25, 0.3) is 15.9 Å². The van der Waals surface area contributed by atoms with Crippen molar-refractivity contribution < 1.29 is 13.2 Å². The molecule has 2 aromatic heterocycles. The molecule has 0 atom stereocenters. The first-order chi connectivity index (χ1) is 11.4. The zero-order chi connectivity index (χ0) is 17.3. The largest absolute Gasteiger partial charge is 0.280 e. The van der Waals surface area contributed by atoms with Gasteiger partial charge in [0.15, 0.2) is 5.65 Å². The second kappa shape index (κ2) is 6.02. The van der Waals surface area contributed by atoms with Crippen LogP contribution >= 0.6 is 0 Å². The molecule has 1 amide bonds. The van der Waals surface area contributed by atoms with E-state index in [1.165, 1.54) is 18.3 Å². The van der Waals surface area contributed by atoms with E-state index >= 15 is 0 Å². The summed E-state index contributed by atoms with van der Waals surface area (Å²) in [5, 5.41) is 7.44. The van der Waals surface area contributed by atoms with E-state index in [-0.39, 0.29) is 10.5 Å². The van der Waals surface area contributed by atoms with E-state index in [1.54, 1.807) is 25.1 Å². The first kappa shape index (κ1) is 16.1. The van der Waals surface area contributed by atoms with Gasteiger partial charge in [0.1, 0.15) is 0 Å². The molecule has 1 aromatic carbocycles. The van der Waals surface area contributed by atoms with Crippen molar-refractivity contribution in [2.45, 2.75) is 18.7 Å². The highest BCUT2D eigenvalue weighted by Crippen LogP contribution is 2.14. The van der Waals surface area contributed by atoms with Crippen molar-refractivity contribution in [2.24, 2.45) is 0 Å². The van der Waals surface area contributed by atoms with Crippen LogP contribution in [0.4, 0.5) is 0 Å². The molecule has 0 spiro atoms. The van der Waals surface area contributed by atoms with E-state index in [1.807, 2.05) is 6.92 Å². The lowest BCUT2D eigenvalue weighted by Crippen LogP contribution is -2.41. The van der Waals surface area contributed by atoms with Crippen LogP contribution in [0.2, 0.25) is 0 Å². The molecule has 0 fully saturated rings. The van der Waals surface area contributed by atoms with Gasteiger partial charge in [0.05, 0.1) is 10.5 Å². The Hall–Kier alpha value is -2.78. The van der Waals surface area contributed by atoms with E-state index in [0.717, 1.165) is 11.3 Å². The Morgan fingerprint density at radius 3 is 2.58 bits per heavy atom. The Kier molecular flexibility index (Phi) is 4.04. The van der Waals surface area contributed by atoms with E-state index in [9.17, 15) is 13.2 Å². The Morgan fingerprint density at radius 2 is 1.88 bits per heavy atom. The van der Waals surface area contributed by atoms with Crippen molar-refractivity contribution in [3.63, 3.8) is 0 Å². The maximum atomic E-state index is 12.1. The summed E-state index contributed by atoms with van der Waals surface area (Å²) in [4.78, 5) is 18.3. The molecule has 0 radical (unpaired) electrons. The van der Waals surface area contributed by atoms with Crippen molar-refractivity contribution >= 4 is 27.0 Å². The Bertz CT molecular complexity index is 1010. The molecule has 2 heterocycles. The molecule has 0 unspecified atom stereocenters. The number of nitrogens with zero attached hydrogens (tertiary/aromatic N) is 2. The number of hydrogen-bond donors (Lipinski definition) is 3. The third-order valence-electron chi connectivity index (χ3n) is 3.49. The van der Waals surface area contributed by atoms with Crippen molar-refractivity contribution in [1.82, 2.24) is 25.4 Å². The van der Waals surface area contributed by atoms with E-state index < -0.39 is 15.9 Å². The van der Waals surface area contributed by atoms with E-state index in [4.69, 9.17) is 0 Å². The minimum absolute atomic E-state index is 0.0626. The molecular formula is C15H15N5O3S. The molecule has 0 aliphatic rings. The monoisotopic (exact) mass is 345 g/mol. The van der Waals surface area contributed by atoms with Gasteiger partial charge in [-0.2, -0.15) is 5.10 Å². The van der Waals surface area contributed by atoms with Crippen LogP contribution < -0.4 is 10.3 Å². The van der Waals surface area contributed by atoms with Crippen molar-refractivity contribution in [3.8, 4) is 0 Å². The minimum atomic E-state index is -3.84. The molecule has 0 aliphatic heterocycles. The number of hydrogen-bond acceptors (Lipinski definition) is 5. The molecule has 24 heavy (non-hydrogen) atoms. The summed E-state index contributed by atoms with van der Waals surface area (Å²) in [5.74, 6) is -0.610. The van der Waals surface area contributed by atoms with Crippen molar-refractivity contribution in [1.29, 1.82) is 0 Å². The molecule has 0 aliphatic carbocycles. The van der Waals surface area contributed by atoms with Crippen LogP contribution in [-0.2, 0) is 10.0 Å². The molecule has 0 saturated heterocycles. The van der Waals surface area contributed by atoms with Crippen LogP contribution in [0.3, 0.4) is 0 Å². The number of aromatic nitrogens is 3. The number of H-pyrrole nitrogens is 1. The first-order valence-corrected chi connectivity index (χ1v) is 8.55. The van der Waals surface area contributed by atoms with Crippen LogP contribution in [0.5, 0.6) is 0 Å². The molecule has 0 bridgehead atoms. The number of rotatable bonds is 4. The molecule has 3 aromatic rings. The molecule has 3 N–H and O–H groups in total. The SMILES string of the molecule is Cc1ccc(S(=O)(=O)NNC(=O)c2cnc3n[nH]c(C)c3c2)cc1. The second-order valence-electron chi connectivity index (χ2n) is 5.32. The van der Waals surface area contributed by atoms with Gasteiger partial charge in [-0.05, 0) is 32.0 Å². The first-order valence-electron chi connectivity index (χ1n) is 7.06. The normalized spacial score (nSPS) is 11.6. The van der Waals surface area contributed by atoms with Crippen LogP contribution in [0.1, 0.15) is 21.6 Å². The van der Waals surface area contributed by atoms with Crippen LogP contribution in [0, 0.1) is 13.8 Å². The van der Waals surface area contributed by atoms with Gasteiger partial charge < -0.3 is 0 Å². The lowest BCUT2D eigenvalue weighted by Gasteiger charge is -2.08. The molecule has 8 nitrogen and oxygen atoms in total. The average Bonchev–Trinajstić information content (AvgIpc) is 2.94. The predicted octanol–water partition coefficient (Wildman–Crippen LogP) is 1.20. The topological polar surface area (TPSA) is 117 Å². The number of carbonyl (C=O) groups excluding carboxylic acids is 1. The lowest BCUT2D eigenvalue weighted by molar-refractivity contribution is 0.0945. The average molecular weight is 345 g/mol. The molecule has 0 saturated carbocycles. The number of fused-ring (bicyclic) bond motifs is 1. The van der Waals surface area contributed by atoms with Gasteiger partial charge in [-0.1, -0.05) is 17.7 Å². The smallest absolute Gasteiger partial charge is 0.267 e. The van der Waals surface area contributed by atoms with Crippen molar-refractivity contribution in [3.05, 3.63) is 53.3 Å². The summed E-state index contributed by atoms with van der Waals surface area (Å²) in [5.41, 5.74) is 4.60. The maximum Gasteiger partial charge on any atom is 0.267 e. The fraction of sp³-hybridized carbons (Fsp3) is 0.133. The fourth-order valence-electron chi connectivity index (χ4n) is 2.11. The number of carbonyl (C=O) groups is 1. The Morgan fingerprint density at radius 1 is 1.17 bits per heavy atom. The molecule has 9 heteroatoms. The zero-order valence-corrected chi connectivity index (χ0v) is 13.8. The third kappa shape index (κ3) is 3.12. The number of aromatic amines is 1. The number of aryl methyl sites for hydroxylation is 2. The van der Waals surface area contributed by atoms with Gasteiger partial charge in [-0.15, -0.1) is 4.83 Å². The summed E-state index contributed by atoms with van der Waals surface area (Å²) >= 11 is 0. The highest BCUT2D eigenvalue weighted by molar-refractivity contribution is 7.89. The van der Waals surface area contributed by atoms with Gasteiger partial charge in [-0.3, -0.25) is 15.3 Å². The number of nitrogens with one attached hydrogen (secondary N) is 3. The summed E-state index contributed by atoms with van der Waals surface area (Å²) in [7, 11) is -3.84. The highest BCUT2D eigenvalue weighted by atomic mass is 32.2. The van der Waals surface area contributed by atoms with Gasteiger partial charge in [-0.25, -0.2) is 13.4 Å². The quantitative estimate of drug-likeness (QED) is 0.614. The predicted molar refractivity (Wildman–Crippen MR) is 87.6 cm³/mol. The summed E-state index contributed by atoms with van der Waals surface area (Å²) < 4.78 is 24.3.